The average molecular weight is 337 g/mol. The van der Waals surface area contributed by atoms with Gasteiger partial charge in [-0.3, -0.25) is 4.79 Å². The van der Waals surface area contributed by atoms with E-state index in [1.807, 2.05) is 0 Å². The fraction of sp³-hybridized carbons (Fsp3) is 0.250. The van der Waals surface area contributed by atoms with Gasteiger partial charge in [0.05, 0.1) is 29.4 Å². The Morgan fingerprint density at radius 3 is 2.67 bits per heavy atom. The fourth-order valence-electron chi connectivity index (χ4n) is 2.97. The molecule has 3 rings (SSSR count). The second-order valence-electron chi connectivity index (χ2n) is 5.48. The third-order valence-electron chi connectivity index (χ3n) is 3.95. The molecule has 5 nitrogen and oxygen atoms in total. The summed E-state index contributed by atoms with van der Waals surface area (Å²) in [5.41, 5.74) is -0.569. The largest absolute Gasteiger partial charge is 0.416 e. The van der Waals surface area contributed by atoms with Gasteiger partial charge < -0.3 is 15.5 Å². The molecule has 1 aromatic carbocycles. The number of benzene rings is 1. The van der Waals surface area contributed by atoms with Crippen molar-refractivity contribution in [3.8, 4) is 0 Å². The molecule has 2 heterocycles. The van der Waals surface area contributed by atoms with E-state index in [0.29, 0.717) is 5.70 Å². The Labute approximate surface area is 135 Å². The normalized spacial score (nSPS) is 20.6. The Morgan fingerprint density at radius 1 is 1.29 bits per heavy atom. The van der Waals surface area contributed by atoms with Crippen molar-refractivity contribution >= 4 is 11.9 Å². The molecule has 0 aromatic heterocycles. The van der Waals surface area contributed by atoms with E-state index in [-0.39, 0.29) is 24.2 Å². The van der Waals surface area contributed by atoms with Gasteiger partial charge in [0.1, 0.15) is 0 Å². The molecular weight excluding hydrogens is 323 g/mol. The maximum Gasteiger partial charge on any atom is 0.416 e. The van der Waals surface area contributed by atoms with Gasteiger partial charge >= 0.3 is 12.2 Å². The molecule has 2 aliphatic rings. The molecule has 8 heteroatoms. The lowest BCUT2D eigenvalue weighted by atomic mass is 9.92. The van der Waals surface area contributed by atoms with Gasteiger partial charge in [-0.2, -0.15) is 13.2 Å². The smallest absolute Gasteiger partial charge is 0.329 e. The molecule has 0 bridgehead atoms. The third kappa shape index (κ3) is 2.64. The second kappa shape index (κ2) is 5.70. The van der Waals surface area contributed by atoms with Gasteiger partial charge in [0.15, 0.2) is 0 Å². The van der Waals surface area contributed by atoms with Gasteiger partial charge in [-0.05, 0) is 11.6 Å². The zero-order valence-electron chi connectivity index (χ0n) is 12.5. The minimum Gasteiger partial charge on any atom is -0.329 e. The van der Waals surface area contributed by atoms with Crippen molar-refractivity contribution in [2.45, 2.75) is 12.2 Å². The Kier molecular flexibility index (Phi) is 3.82. The Morgan fingerprint density at radius 2 is 2.00 bits per heavy atom. The predicted octanol–water partition coefficient (Wildman–Crippen LogP) is 2.34. The van der Waals surface area contributed by atoms with Crippen molar-refractivity contribution in [1.82, 2.24) is 15.5 Å². The number of halogens is 3. The molecule has 0 saturated heterocycles. The van der Waals surface area contributed by atoms with Crippen molar-refractivity contribution in [3.63, 3.8) is 0 Å². The molecule has 0 aliphatic carbocycles. The monoisotopic (exact) mass is 337 g/mol. The second-order valence-corrected chi connectivity index (χ2v) is 5.48. The number of amides is 3. The molecular formula is C16H14F3N3O2. The van der Waals surface area contributed by atoms with E-state index in [2.05, 4.69) is 17.2 Å². The van der Waals surface area contributed by atoms with Crippen LogP contribution in [0.2, 0.25) is 0 Å². The first-order chi connectivity index (χ1) is 11.3. The summed E-state index contributed by atoms with van der Waals surface area (Å²) in [7, 11) is 0. The molecule has 1 aromatic rings. The van der Waals surface area contributed by atoms with Crippen LogP contribution in [0.4, 0.5) is 18.0 Å². The molecule has 2 N–H and O–H groups in total. The summed E-state index contributed by atoms with van der Waals surface area (Å²) < 4.78 is 39.9. The summed E-state index contributed by atoms with van der Waals surface area (Å²) in [6.45, 7) is 3.93. The van der Waals surface area contributed by atoms with Crippen LogP contribution in [0.1, 0.15) is 17.2 Å². The number of urea groups is 1. The van der Waals surface area contributed by atoms with E-state index in [4.69, 9.17) is 0 Å². The SMILES string of the molecule is C=CCN1CC2=C(C1=O)[C@@H](c1ccccc1C(F)(F)F)NC(=O)N2. The fourth-order valence-corrected chi connectivity index (χ4v) is 2.97. The number of rotatable bonds is 3. The lowest BCUT2D eigenvalue weighted by molar-refractivity contribution is -0.138. The van der Waals surface area contributed by atoms with E-state index in [1.54, 1.807) is 0 Å². The van der Waals surface area contributed by atoms with E-state index in [0.717, 1.165) is 6.07 Å². The number of carbonyl (C=O) groups is 2. The molecule has 24 heavy (non-hydrogen) atoms. The van der Waals surface area contributed by atoms with Crippen LogP contribution in [0, 0.1) is 0 Å². The van der Waals surface area contributed by atoms with Crippen LogP contribution in [0.15, 0.2) is 48.2 Å². The Bertz CT molecular complexity index is 755. The van der Waals surface area contributed by atoms with Crippen molar-refractivity contribution in [1.29, 1.82) is 0 Å². The minimum atomic E-state index is -4.59. The highest BCUT2D eigenvalue weighted by molar-refractivity contribution is 6.01. The zero-order chi connectivity index (χ0) is 17.5. The molecule has 1 atom stereocenters. The van der Waals surface area contributed by atoms with Gasteiger partial charge in [0.25, 0.3) is 5.91 Å². The van der Waals surface area contributed by atoms with Crippen LogP contribution in [0.3, 0.4) is 0 Å². The number of carbonyl (C=O) groups excluding carboxylic acids is 2. The molecule has 126 valence electrons. The van der Waals surface area contributed by atoms with E-state index in [9.17, 15) is 22.8 Å². The molecule has 0 unspecified atom stereocenters. The van der Waals surface area contributed by atoms with Crippen LogP contribution < -0.4 is 10.6 Å². The maximum atomic E-state index is 13.3. The zero-order valence-corrected chi connectivity index (χ0v) is 12.5. The van der Waals surface area contributed by atoms with Gasteiger partial charge in [-0.1, -0.05) is 24.3 Å². The molecule has 0 radical (unpaired) electrons. The number of hydrogen-bond donors (Lipinski definition) is 2. The van der Waals surface area contributed by atoms with Gasteiger partial charge in [0.2, 0.25) is 0 Å². The lowest BCUT2D eigenvalue weighted by Gasteiger charge is -2.27. The topological polar surface area (TPSA) is 61.4 Å². The summed E-state index contributed by atoms with van der Waals surface area (Å²) in [6.07, 6.45) is -3.07. The van der Waals surface area contributed by atoms with Gasteiger partial charge in [0, 0.05) is 6.54 Å². The standard InChI is InChI=1S/C16H14F3N3O2/c1-2-7-22-8-11-12(14(22)23)13(21-15(24)20-11)9-5-3-4-6-10(9)16(17,18)19/h2-6,13H,1,7-8H2,(H2,20,21,24)/t13-/m1/s1. The molecule has 0 spiro atoms. The summed E-state index contributed by atoms with van der Waals surface area (Å²) in [5, 5.41) is 4.94. The summed E-state index contributed by atoms with van der Waals surface area (Å²) in [4.78, 5) is 25.8. The van der Waals surface area contributed by atoms with Gasteiger partial charge in [-0.25, -0.2) is 4.79 Å². The third-order valence-corrected chi connectivity index (χ3v) is 3.95. The van der Waals surface area contributed by atoms with Crippen molar-refractivity contribution < 1.29 is 22.8 Å². The van der Waals surface area contributed by atoms with Crippen molar-refractivity contribution in [3.05, 3.63) is 59.3 Å². The van der Waals surface area contributed by atoms with E-state index >= 15 is 0 Å². The summed E-state index contributed by atoms with van der Waals surface area (Å²) >= 11 is 0. The van der Waals surface area contributed by atoms with Crippen LogP contribution in [-0.4, -0.2) is 29.9 Å². The summed E-state index contributed by atoms with van der Waals surface area (Å²) in [6, 6.07) is 3.14. The van der Waals surface area contributed by atoms with Gasteiger partial charge in [-0.15, -0.1) is 6.58 Å². The van der Waals surface area contributed by atoms with Crippen molar-refractivity contribution in [2.75, 3.05) is 13.1 Å². The highest BCUT2D eigenvalue weighted by atomic mass is 19.4. The van der Waals surface area contributed by atoms with Crippen LogP contribution >= 0.6 is 0 Å². The number of nitrogens with one attached hydrogen (secondary N) is 2. The summed E-state index contributed by atoms with van der Waals surface area (Å²) in [5.74, 6) is -0.417. The lowest BCUT2D eigenvalue weighted by Crippen LogP contribution is -2.44. The Balaban J connectivity index is 2.08. The predicted molar refractivity (Wildman–Crippen MR) is 79.7 cm³/mol. The first-order valence-electron chi connectivity index (χ1n) is 7.19. The highest BCUT2D eigenvalue weighted by Crippen LogP contribution is 2.39. The minimum absolute atomic E-state index is 0.133. The number of nitrogens with zero attached hydrogens (tertiary/aromatic N) is 1. The first-order valence-corrected chi connectivity index (χ1v) is 7.19. The highest BCUT2D eigenvalue weighted by Gasteiger charge is 2.43. The van der Waals surface area contributed by atoms with Crippen LogP contribution in [0.5, 0.6) is 0 Å². The quantitative estimate of drug-likeness (QED) is 0.832. The van der Waals surface area contributed by atoms with E-state index < -0.39 is 29.7 Å². The Hall–Kier alpha value is -2.77. The number of hydrogen-bond acceptors (Lipinski definition) is 2. The average Bonchev–Trinajstić information content (AvgIpc) is 2.82. The van der Waals surface area contributed by atoms with Crippen molar-refractivity contribution in [2.24, 2.45) is 0 Å². The molecule has 0 saturated carbocycles. The maximum absolute atomic E-state index is 13.3. The number of alkyl halides is 3. The molecule has 3 amide bonds. The van der Waals surface area contributed by atoms with E-state index in [1.165, 1.54) is 29.2 Å². The molecule has 0 fully saturated rings. The molecule has 2 aliphatic heterocycles. The van der Waals surface area contributed by atoms with Crippen LogP contribution in [-0.2, 0) is 11.0 Å². The van der Waals surface area contributed by atoms with Crippen LogP contribution in [0.25, 0.3) is 0 Å². The first kappa shape index (κ1) is 16.1.